The Morgan fingerprint density at radius 1 is 0.813 bits per heavy atom. The number of amides is 1. The Morgan fingerprint density at radius 3 is 1.85 bits per heavy atom. The number of carbonyl (C=O) groups is 1. The third-order valence-corrected chi connectivity index (χ3v) is 27.8. The van der Waals surface area contributed by atoms with Crippen molar-refractivity contribution in [2.75, 3.05) is 7.11 Å². The van der Waals surface area contributed by atoms with Gasteiger partial charge in [0.15, 0.2) is 8.32 Å². The van der Waals surface area contributed by atoms with Gasteiger partial charge in [0.05, 0.1) is 41.7 Å². The summed E-state index contributed by atoms with van der Waals surface area (Å²) >= 11 is 0. The molecule has 75 heavy (non-hydrogen) atoms. The van der Waals surface area contributed by atoms with Gasteiger partial charge < -0.3 is 32.4 Å². The van der Waals surface area contributed by atoms with Crippen LogP contribution in [0.2, 0.25) is 23.2 Å². The lowest BCUT2D eigenvalue weighted by Crippen LogP contribution is -2.69. The molecule has 0 bridgehead atoms. The zero-order valence-corrected chi connectivity index (χ0v) is 52.8. The monoisotopic (exact) mass is 1070 g/mol. The van der Waals surface area contributed by atoms with Crippen LogP contribution in [-0.4, -0.2) is 94.8 Å². The lowest BCUT2D eigenvalue weighted by molar-refractivity contribution is -0.100. The van der Waals surface area contributed by atoms with E-state index in [0.29, 0.717) is 0 Å². The average Bonchev–Trinajstić information content (AvgIpc) is 3.68. The first kappa shape index (κ1) is 61.1. The van der Waals surface area contributed by atoms with Crippen LogP contribution in [0.1, 0.15) is 151 Å². The van der Waals surface area contributed by atoms with Gasteiger partial charge >= 0.3 is 13.2 Å². The molecule has 1 amide bonds. The van der Waals surface area contributed by atoms with Crippen molar-refractivity contribution in [1.29, 1.82) is 0 Å². The van der Waals surface area contributed by atoms with Crippen LogP contribution in [0.25, 0.3) is 0 Å². The number of carbonyl (C=O) groups excluding carboxylic acids is 1. The number of fused-ring (bicyclic) bond motifs is 1. The van der Waals surface area contributed by atoms with Crippen molar-refractivity contribution in [3.05, 3.63) is 109 Å². The summed E-state index contributed by atoms with van der Waals surface area (Å²) in [5.74, 6) is 2.47. The van der Waals surface area contributed by atoms with Gasteiger partial charge in [-0.15, -0.1) is 0 Å². The minimum Gasteiger partial charge on any atom is -0.444 e. The summed E-state index contributed by atoms with van der Waals surface area (Å²) in [5.41, 5.74) is -1.61. The Balaban J connectivity index is 1.40. The van der Waals surface area contributed by atoms with Gasteiger partial charge in [0.2, 0.25) is 0 Å². The first-order chi connectivity index (χ1) is 34.4. The molecular formula is C63H100BNO8Si2. The zero-order chi connectivity index (χ0) is 56.1. The Hall–Kier alpha value is -3.07. The molecule has 0 aromatic heterocycles. The van der Waals surface area contributed by atoms with Crippen LogP contribution in [0.4, 0.5) is 4.79 Å². The molecule has 12 heteroatoms. The number of hydrogen-bond donors (Lipinski definition) is 0. The number of methoxy groups -OCH3 is 1. The Kier molecular flexibility index (Phi) is 18.1. The summed E-state index contributed by atoms with van der Waals surface area (Å²) in [4.78, 5) is 15.5. The second kappa shape index (κ2) is 22.2. The molecule has 6 rings (SSSR count). The molecule has 11 atom stereocenters. The first-order valence-corrected chi connectivity index (χ1v) is 33.0. The van der Waals surface area contributed by atoms with Gasteiger partial charge in [-0.3, -0.25) is 4.90 Å². The second-order valence-corrected chi connectivity index (χ2v) is 37.1. The second-order valence-electron chi connectivity index (χ2n) is 28.0. The molecule has 2 aliphatic heterocycles. The largest absolute Gasteiger partial charge is 0.486 e. The van der Waals surface area contributed by atoms with E-state index in [1.807, 2.05) is 41.7 Å². The van der Waals surface area contributed by atoms with Crippen molar-refractivity contribution in [1.82, 2.24) is 4.90 Å². The molecule has 1 saturated carbocycles. The molecule has 4 aliphatic rings. The minimum atomic E-state index is -2.93. The highest BCUT2D eigenvalue weighted by atomic mass is 28.4. The summed E-state index contributed by atoms with van der Waals surface area (Å²) in [6, 6.07) is 21.8. The summed E-state index contributed by atoms with van der Waals surface area (Å²) < 4.78 is 48.0. The molecule has 0 spiro atoms. The summed E-state index contributed by atoms with van der Waals surface area (Å²) in [6.07, 6.45) is 15.2. The van der Waals surface area contributed by atoms with Crippen molar-refractivity contribution in [2.24, 2.45) is 35.0 Å². The molecule has 3 fully saturated rings. The normalized spacial score (nSPS) is 29.7. The molecule has 2 aromatic carbocycles. The van der Waals surface area contributed by atoms with Gasteiger partial charge in [0.1, 0.15) is 11.3 Å². The van der Waals surface area contributed by atoms with E-state index >= 15 is 0 Å². The van der Waals surface area contributed by atoms with Crippen LogP contribution < -0.4 is 10.4 Å². The fourth-order valence-electron chi connectivity index (χ4n) is 12.3. The van der Waals surface area contributed by atoms with Crippen LogP contribution in [0.5, 0.6) is 0 Å². The van der Waals surface area contributed by atoms with Crippen molar-refractivity contribution >= 4 is 40.2 Å². The van der Waals surface area contributed by atoms with Gasteiger partial charge in [0, 0.05) is 24.9 Å². The average molecular weight is 1070 g/mol. The summed E-state index contributed by atoms with van der Waals surface area (Å²) in [7, 11) is -3.82. The van der Waals surface area contributed by atoms with Gasteiger partial charge in [-0.2, -0.15) is 0 Å². The molecular weight excluding hydrogens is 966 g/mol. The highest BCUT2D eigenvalue weighted by molar-refractivity contribution is 6.99. The summed E-state index contributed by atoms with van der Waals surface area (Å²) in [5, 5.41) is 2.37. The van der Waals surface area contributed by atoms with E-state index in [-0.39, 0.29) is 81.6 Å². The number of nitrogens with zero attached hydrogens (tertiary/aromatic N) is 1. The molecule has 2 aromatic rings. The van der Waals surface area contributed by atoms with E-state index < -0.39 is 46.3 Å². The standard InChI is InChI=1S/C63H100BNO8Si2/c1-43(34-35-44(2)54(71-74(22,23)58(8,9)10)45(3)55-46(4)65(62(18,19)68-55)56(66)69-57(5,6)7)40-47-36-37-51-52(63(47,20)38-39-64-72-60(14,15)61(16,17)73-64)41-48(67-21)42-53(51)70-75(59(11,12)13,49-30-26-24-27-31-49)50-32-28-25-29-33-50/h24-40,44-48,51-55H,41-42H2,1-23H3/b35-34+,39-38+,43-40+/t44-,45+,46-,47-,48+,51-,52-,53+,54-,55+,63+/m1/s1. The third-order valence-electron chi connectivity index (χ3n) is 18.3. The van der Waals surface area contributed by atoms with Crippen molar-refractivity contribution in [3.8, 4) is 0 Å². The minimum absolute atomic E-state index is 0.00480. The van der Waals surface area contributed by atoms with Crippen LogP contribution >= 0.6 is 0 Å². The highest BCUT2D eigenvalue weighted by Gasteiger charge is 2.58. The number of ether oxygens (including phenoxy) is 3. The van der Waals surface area contributed by atoms with E-state index in [4.69, 9.17) is 32.4 Å². The van der Waals surface area contributed by atoms with E-state index in [0.717, 1.165) is 12.8 Å². The maximum Gasteiger partial charge on any atom is 0.486 e. The lowest BCUT2D eigenvalue weighted by atomic mass is 9.54. The van der Waals surface area contributed by atoms with E-state index in [9.17, 15) is 4.79 Å². The maximum absolute atomic E-state index is 13.7. The molecule has 2 saturated heterocycles. The van der Waals surface area contributed by atoms with Crippen LogP contribution in [0, 0.1) is 35.0 Å². The topological polar surface area (TPSA) is 84.9 Å². The maximum atomic E-state index is 13.7. The molecule has 2 heterocycles. The zero-order valence-electron chi connectivity index (χ0n) is 50.8. The number of rotatable bonds is 15. The number of benzene rings is 2. The molecule has 9 nitrogen and oxygen atoms in total. The molecule has 416 valence electrons. The van der Waals surface area contributed by atoms with Gasteiger partial charge in [-0.05, 0) is 140 Å². The molecule has 2 aliphatic carbocycles. The highest BCUT2D eigenvalue weighted by Crippen LogP contribution is 2.55. The summed E-state index contributed by atoms with van der Waals surface area (Å²) in [6.45, 7) is 48.0. The SMILES string of the molecule is CO[C@@H]1C[C@H](O[Si](c2ccccc2)(c2ccccc2)C(C)(C)C)[C@@H]2C=C[C@H](/C=C(C)/C=C/[C@@H](C)[C@@H](O[Si](C)(C)C(C)(C)C)[C@H](C)[C@@H]3OC(C)(C)N(C(=O)OC(C)(C)C)[C@@H]3C)[C@](C)(/C=C/B3OC(C)(C)C(C)(C)O3)[C@@H]2C1. The van der Waals surface area contributed by atoms with Crippen LogP contribution in [-0.2, 0) is 32.4 Å². The Morgan fingerprint density at radius 2 is 1.36 bits per heavy atom. The third kappa shape index (κ3) is 12.9. The quantitative estimate of drug-likeness (QED) is 0.0991. The smallest absolute Gasteiger partial charge is 0.444 e. The predicted molar refractivity (Wildman–Crippen MR) is 315 cm³/mol. The molecule has 0 radical (unpaired) electrons. The lowest BCUT2D eigenvalue weighted by Gasteiger charge is -2.55. The van der Waals surface area contributed by atoms with Gasteiger partial charge in [-0.1, -0.05) is 171 Å². The van der Waals surface area contributed by atoms with Gasteiger partial charge in [-0.25, -0.2) is 4.79 Å². The fraction of sp³-hybridized carbons (Fsp3) is 0.667. The molecule has 0 unspecified atom stereocenters. The number of hydrogen-bond acceptors (Lipinski definition) is 8. The van der Waals surface area contributed by atoms with Crippen LogP contribution in [0.15, 0.2) is 109 Å². The van der Waals surface area contributed by atoms with Crippen LogP contribution in [0.3, 0.4) is 0 Å². The predicted octanol–water partition coefficient (Wildman–Crippen LogP) is 14.3. The molecule has 0 N–H and O–H groups in total. The Labute approximate surface area is 458 Å². The van der Waals surface area contributed by atoms with Crippen molar-refractivity contribution in [2.45, 2.75) is 227 Å². The van der Waals surface area contributed by atoms with Gasteiger partial charge in [0.25, 0.3) is 8.32 Å². The van der Waals surface area contributed by atoms with E-state index in [1.54, 1.807) is 4.90 Å². The number of allylic oxidation sites excluding steroid dienone is 5. The first-order valence-electron chi connectivity index (χ1n) is 28.2. The van der Waals surface area contributed by atoms with E-state index in [2.05, 4.69) is 220 Å². The Bertz CT molecular complexity index is 2320. The van der Waals surface area contributed by atoms with E-state index in [1.165, 1.54) is 15.9 Å². The van der Waals surface area contributed by atoms with Crippen molar-refractivity contribution in [3.63, 3.8) is 0 Å². The fourth-order valence-corrected chi connectivity index (χ4v) is 18.5. The van der Waals surface area contributed by atoms with Crippen molar-refractivity contribution < 1.29 is 37.2 Å².